The standard InChI is InChI=1S/C14H19N3OS/c1-11-10-19-14(16-11)12(8-15)13(18)9-17-6-4-2-3-5-7-17/h10,12H,2-7,9H2,1H3. The molecule has 1 fully saturated rings. The highest BCUT2D eigenvalue weighted by Crippen LogP contribution is 2.21. The molecule has 102 valence electrons. The predicted octanol–water partition coefficient (Wildman–Crippen LogP) is 2.50. The van der Waals surface area contributed by atoms with Crippen molar-refractivity contribution >= 4 is 17.1 Å². The molecule has 0 aromatic carbocycles. The van der Waals surface area contributed by atoms with Crippen LogP contribution in [0.2, 0.25) is 0 Å². The SMILES string of the molecule is Cc1csc(C(C#N)C(=O)CN2CCCCCC2)n1. The molecule has 2 heterocycles. The van der Waals surface area contributed by atoms with Crippen molar-refractivity contribution in [1.82, 2.24) is 9.88 Å². The van der Waals surface area contributed by atoms with Crippen LogP contribution in [0.5, 0.6) is 0 Å². The normalized spacial score (nSPS) is 18.5. The summed E-state index contributed by atoms with van der Waals surface area (Å²) in [6.45, 7) is 4.21. The summed E-state index contributed by atoms with van der Waals surface area (Å²) >= 11 is 1.40. The molecule has 1 aliphatic rings. The van der Waals surface area contributed by atoms with E-state index in [1.54, 1.807) is 0 Å². The number of aromatic nitrogens is 1. The maximum absolute atomic E-state index is 12.3. The van der Waals surface area contributed by atoms with E-state index in [-0.39, 0.29) is 5.78 Å². The third-order valence-corrected chi connectivity index (χ3v) is 4.44. The third kappa shape index (κ3) is 3.85. The van der Waals surface area contributed by atoms with Gasteiger partial charge in [-0.15, -0.1) is 11.3 Å². The molecule has 1 atom stereocenters. The fraction of sp³-hybridized carbons (Fsp3) is 0.643. The van der Waals surface area contributed by atoms with Gasteiger partial charge in [0.05, 0.1) is 12.6 Å². The zero-order valence-electron chi connectivity index (χ0n) is 11.3. The molecule has 4 nitrogen and oxygen atoms in total. The third-order valence-electron chi connectivity index (χ3n) is 3.41. The van der Waals surface area contributed by atoms with Gasteiger partial charge in [-0.3, -0.25) is 9.69 Å². The lowest BCUT2D eigenvalue weighted by Crippen LogP contribution is -2.33. The number of ketones is 1. The molecular formula is C14H19N3OS. The van der Waals surface area contributed by atoms with Crippen LogP contribution in [-0.4, -0.2) is 35.3 Å². The van der Waals surface area contributed by atoms with Gasteiger partial charge in [-0.1, -0.05) is 12.8 Å². The molecule has 1 aliphatic heterocycles. The van der Waals surface area contributed by atoms with Gasteiger partial charge in [-0.05, 0) is 32.9 Å². The van der Waals surface area contributed by atoms with Crippen molar-refractivity contribution in [3.05, 3.63) is 16.1 Å². The maximum Gasteiger partial charge on any atom is 0.170 e. The van der Waals surface area contributed by atoms with Gasteiger partial charge in [-0.2, -0.15) is 5.26 Å². The number of hydrogen-bond donors (Lipinski definition) is 0. The van der Waals surface area contributed by atoms with Crippen LogP contribution in [0.3, 0.4) is 0 Å². The Bertz CT molecular complexity index is 469. The summed E-state index contributed by atoms with van der Waals surface area (Å²) in [5.41, 5.74) is 0.878. The quantitative estimate of drug-likeness (QED) is 0.848. The molecule has 0 saturated carbocycles. The fourth-order valence-corrected chi connectivity index (χ4v) is 3.24. The lowest BCUT2D eigenvalue weighted by atomic mass is 10.1. The molecule has 0 amide bonds. The van der Waals surface area contributed by atoms with Crippen LogP contribution >= 0.6 is 11.3 Å². The molecule has 0 N–H and O–H groups in total. The molecule has 2 rings (SSSR count). The number of hydrogen-bond acceptors (Lipinski definition) is 5. The summed E-state index contributed by atoms with van der Waals surface area (Å²) < 4.78 is 0. The number of thiazole rings is 1. The highest BCUT2D eigenvalue weighted by atomic mass is 32.1. The minimum absolute atomic E-state index is 0.0150. The van der Waals surface area contributed by atoms with E-state index in [1.165, 1.54) is 24.2 Å². The first-order valence-corrected chi connectivity index (χ1v) is 7.65. The highest BCUT2D eigenvalue weighted by Gasteiger charge is 2.25. The summed E-state index contributed by atoms with van der Waals surface area (Å²) in [5, 5.41) is 11.7. The molecule has 0 aliphatic carbocycles. The first-order chi connectivity index (χ1) is 9.20. The van der Waals surface area contributed by atoms with Crippen LogP contribution in [0.15, 0.2) is 5.38 Å². The van der Waals surface area contributed by atoms with Gasteiger partial charge in [0.1, 0.15) is 5.01 Å². The summed E-state index contributed by atoms with van der Waals surface area (Å²) in [6.07, 6.45) is 4.80. The number of rotatable bonds is 4. The van der Waals surface area contributed by atoms with E-state index >= 15 is 0 Å². The molecular weight excluding hydrogens is 258 g/mol. The Kier molecular flexibility index (Phi) is 5.06. The van der Waals surface area contributed by atoms with Crippen molar-refractivity contribution in [2.75, 3.05) is 19.6 Å². The molecule has 1 unspecified atom stereocenters. The molecule has 0 spiro atoms. The molecule has 5 heteroatoms. The second kappa shape index (κ2) is 6.78. The second-order valence-electron chi connectivity index (χ2n) is 5.05. The lowest BCUT2D eigenvalue weighted by Gasteiger charge is -2.19. The molecule has 0 bridgehead atoms. The van der Waals surface area contributed by atoms with Crippen molar-refractivity contribution in [3.8, 4) is 6.07 Å². The smallest absolute Gasteiger partial charge is 0.170 e. The average molecular weight is 277 g/mol. The number of aryl methyl sites for hydroxylation is 1. The lowest BCUT2D eigenvalue weighted by molar-refractivity contribution is -0.120. The topological polar surface area (TPSA) is 57.0 Å². The summed E-state index contributed by atoms with van der Waals surface area (Å²) in [5.74, 6) is -0.708. The summed E-state index contributed by atoms with van der Waals surface area (Å²) in [6, 6.07) is 2.11. The highest BCUT2D eigenvalue weighted by molar-refractivity contribution is 7.09. The summed E-state index contributed by atoms with van der Waals surface area (Å²) in [4.78, 5) is 18.7. The van der Waals surface area contributed by atoms with Gasteiger partial charge in [0.2, 0.25) is 0 Å². The Morgan fingerprint density at radius 3 is 2.68 bits per heavy atom. The minimum Gasteiger partial charge on any atom is -0.296 e. The number of likely N-dealkylation sites (tertiary alicyclic amines) is 1. The van der Waals surface area contributed by atoms with Gasteiger partial charge in [0.25, 0.3) is 0 Å². The Morgan fingerprint density at radius 1 is 1.47 bits per heavy atom. The van der Waals surface area contributed by atoms with Gasteiger partial charge >= 0.3 is 0 Å². The van der Waals surface area contributed by atoms with Gasteiger partial charge in [-0.25, -0.2) is 4.98 Å². The monoisotopic (exact) mass is 277 g/mol. The maximum atomic E-state index is 12.3. The van der Waals surface area contributed by atoms with Crippen molar-refractivity contribution in [3.63, 3.8) is 0 Å². The fourth-order valence-electron chi connectivity index (χ4n) is 2.38. The Morgan fingerprint density at radius 2 is 2.16 bits per heavy atom. The van der Waals surface area contributed by atoms with Crippen molar-refractivity contribution in [2.24, 2.45) is 0 Å². The zero-order chi connectivity index (χ0) is 13.7. The number of nitrogens with zero attached hydrogens (tertiary/aromatic N) is 3. The van der Waals surface area contributed by atoms with Crippen LogP contribution < -0.4 is 0 Å². The number of Topliss-reactive ketones (excluding diaryl/α,β-unsaturated/α-hetero) is 1. The molecule has 1 aromatic heterocycles. The van der Waals surface area contributed by atoms with E-state index < -0.39 is 5.92 Å². The largest absolute Gasteiger partial charge is 0.296 e. The van der Waals surface area contributed by atoms with Crippen molar-refractivity contribution in [2.45, 2.75) is 38.5 Å². The van der Waals surface area contributed by atoms with Crippen LogP contribution in [0.25, 0.3) is 0 Å². The van der Waals surface area contributed by atoms with E-state index in [9.17, 15) is 10.1 Å². The number of nitriles is 1. The number of carbonyl (C=O) groups is 1. The molecule has 1 saturated heterocycles. The summed E-state index contributed by atoms with van der Waals surface area (Å²) in [7, 11) is 0. The van der Waals surface area contributed by atoms with E-state index in [0.29, 0.717) is 11.6 Å². The van der Waals surface area contributed by atoms with Gasteiger partial charge < -0.3 is 0 Å². The first kappa shape index (κ1) is 14.2. The minimum atomic E-state index is -0.693. The van der Waals surface area contributed by atoms with Crippen LogP contribution in [0, 0.1) is 18.3 Å². The van der Waals surface area contributed by atoms with Crippen molar-refractivity contribution < 1.29 is 4.79 Å². The van der Waals surface area contributed by atoms with Crippen LogP contribution in [0.4, 0.5) is 0 Å². The first-order valence-electron chi connectivity index (χ1n) is 6.77. The molecule has 1 aromatic rings. The second-order valence-corrected chi connectivity index (χ2v) is 5.94. The van der Waals surface area contributed by atoms with E-state index in [4.69, 9.17) is 0 Å². The van der Waals surface area contributed by atoms with E-state index in [0.717, 1.165) is 31.6 Å². The van der Waals surface area contributed by atoms with Crippen LogP contribution in [0.1, 0.15) is 42.3 Å². The van der Waals surface area contributed by atoms with Gasteiger partial charge in [0, 0.05) is 11.1 Å². The Hall–Kier alpha value is -1.25. The Labute approximate surface area is 118 Å². The average Bonchev–Trinajstić information content (AvgIpc) is 2.65. The zero-order valence-corrected chi connectivity index (χ0v) is 12.1. The molecule has 0 radical (unpaired) electrons. The number of carbonyl (C=O) groups excluding carboxylic acids is 1. The predicted molar refractivity (Wildman–Crippen MR) is 75.1 cm³/mol. The molecule has 19 heavy (non-hydrogen) atoms. The van der Waals surface area contributed by atoms with Crippen molar-refractivity contribution in [1.29, 1.82) is 5.26 Å². The van der Waals surface area contributed by atoms with E-state index in [1.807, 2.05) is 12.3 Å². The van der Waals surface area contributed by atoms with Crippen LogP contribution in [-0.2, 0) is 4.79 Å². The Balaban J connectivity index is 1.99. The van der Waals surface area contributed by atoms with E-state index in [2.05, 4.69) is 16.0 Å². The van der Waals surface area contributed by atoms with Gasteiger partial charge in [0.15, 0.2) is 11.7 Å².